The first-order chi connectivity index (χ1) is 16.0. The molecular weight excluding hydrogens is 430 g/mol. The van der Waals surface area contributed by atoms with Crippen LogP contribution in [-0.2, 0) is 0 Å². The Morgan fingerprint density at radius 1 is 0.912 bits per heavy atom. The molecule has 3 aliphatic rings. The third-order valence-electron chi connectivity index (χ3n) is 13.0. The molecular formula is C32H61NS. The van der Waals surface area contributed by atoms with E-state index in [4.69, 9.17) is 0 Å². The largest absolute Gasteiger partial charge is 0.297 e. The minimum absolute atomic E-state index is 0.290. The van der Waals surface area contributed by atoms with E-state index < -0.39 is 0 Å². The van der Waals surface area contributed by atoms with Gasteiger partial charge in [0.1, 0.15) is 0 Å². The number of likely N-dealkylation sites (tertiary alicyclic amines) is 1. The fraction of sp³-hybridized carbons (Fsp3) is 1.00. The van der Waals surface area contributed by atoms with Gasteiger partial charge in [0.2, 0.25) is 0 Å². The van der Waals surface area contributed by atoms with Crippen molar-refractivity contribution < 1.29 is 0 Å². The molecule has 34 heavy (non-hydrogen) atoms. The van der Waals surface area contributed by atoms with Crippen LogP contribution in [0.2, 0.25) is 0 Å². The zero-order valence-electron chi connectivity index (χ0n) is 24.9. The molecule has 3 rings (SSSR count). The Hall–Kier alpha value is 0.310. The Morgan fingerprint density at radius 3 is 2.21 bits per heavy atom. The molecule has 2 saturated heterocycles. The van der Waals surface area contributed by atoms with Gasteiger partial charge in [-0.15, -0.1) is 0 Å². The van der Waals surface area contributed by atoms with E-state index >= 15 is 0 Å². The van der Waals surface area contributed by atoms with Crippen molar-refractivity contribution in [3.63, 3.8) is 0 Å². The molecule has 0 aromatic rings. The number of fused-ring (bicyclic) bond motifs is 1. The Kier molecular flexibility index (Phi) is 9.31. The van der Waals surface area contributed by atoms with E-state index in [1.165, 1.54) is 82.1 Å². The van der Waals surface area contributed by atoms with Crippen molar-refractivity contribution >= 4 is 11.8 Å². The summed E-state index contributed by atoms with van der Waals surface area (Å²) in [7, 11) is 2.53. The number of nitrogens with zero attached hydrogens (tertiary/aromatic N) is 1. The second-order valence-electron chi connectivity index (χ2n) is 13.7. The maximum atomic E-state index is 2.94. The maximum Gasteiger partial charge on any atom is 0.0244 e. The summed E-state index contributed by atoms with van der Waals surface area (Å²) in [6.07, 6.45) is 15.4. The van der Waals surface area contributed by atoms with Crippen molar-refractivity contribution in [1.29, 1.82) is 0 Å². The molecule has 0 spiro atoms. The molecule has 1 nitrogen and oxygen atoms in total. The summed E-state index contributed by atoms with van der Waals surface area (Å²) < 4.78 is 0. The fourth-order valence-corrected chi connectivity index (χ4v) is 11.3. The molecule has 2 aliphatic heterocycles. The summed E-state index contributed by atoms with van der Waals surface area (Å²) in [5.74, 6) is 6.10. The van der Waals surface area contributed by atoms with E-state index in [1.54, 1.807) is 0 Å². The van der Waals surface area contributed by atoms with E-state index in [0.717, 1.165) is 23.7 Å². The number of thioether (sulfide) groups is 1. The molecule has 0 N–H and O–H groups in total. The number of hydrogen-bond acceptors (Lipinski definition) is 2. The maximum absolute atomic E-state index is 2.94. The third-order valence-corrected chi connectivity index (χ3v) is 14.1. The molecule has 9 atom stereocenters. The lowest BCUT2D eigenvalue weighted by Gasteiger charge is -2.67. The quantitative estimate of drug-likeness (QED) is 0.364. The van der Waals surface area contributed by atoms with Gasteiger partial charge in [-0.3, -0.25) is 4.90 Å². The van der Waals surface area contributed by atoms with Gasteiger partial charge in [0, 0.05) is 11.6 Å². The highest BCUT2D eigenvalue weighted by atomic mass is 32.2. The zero-order chi connectivity index (χ0) is 25.4. The van der Waals surface area contributed by atoms with Crippen LogP contribution in [0.1, 0.15) is 133 Å². The molecule has 1 saturated carbocycles. The molecule has 0 aromatic heterocycles. The van der Waals surface area contributed by atoms with Crippen LogP contribution in [0.3, 0.4) is 0 Å². The second-order valence-corrected chi connectivity index (χ2v) is 15.0. The van der Waals surface area contributed by atoms with Crippen molar-refractivity contribution in [2.75, 3.05) is 18.6 Å². The third kappa shape index (κ3) is 4.35. The lowest BCUT2D eigenvalue weighted by molar-refractivity contribution is -0.185. The monoisotopic (exact) mass is 491 g/mol. The van der Waals surface area contributed by atoms with Gasteiger partial charge in [0.15, 0.2) is 0 Å². The van der Waals surface area contributed by atoms with Crippen LogP contribution in [0, 0.1) is 39.9 Å². The van der Waals surface area contributed by atoms with Crippen molar-refractivity contribution in [1.82, 2.24) is 4.90 Å². The van der Waals surface area contributed by atoms with Crippen LogP contribution < -0.4 is 0 Å². The predicted molar refractivity (Wildman–Crippen MR) is 155 cm³/mol. The average molecular weight is 492 g/mol. The van der Waals surface area contributed by atoms with Gasteiger partial charge in [-0.1, -0.05) is 93.4 Å². The molecule has 9 unspecified atom stereocenters. The minimum atomic E-state index is 0.290. The van der Waals surface area contributed by atoms with E-state index in [0.29, 0.717) is 27.8 Å². The average Bonchev–Trinajstić information content (AvgIpc) is 3.41. The molecule has 3 fully saturated rings. The second kappa shape index (κ2) is 11.0. The van der Waals surface area contributed by atoms with Crippen molar-refractivity contribution in [3.8, 4) is 0 Å². The van der Waals surface area contributed by atoms with E-state index in [9.17, 15) is 0 Å². The first kappa shape index (κ1) is 28.9. The molecule has 0 aromatic carbocycles. The summed E-state index contributed by atoms with van der Waals surface area (Å²) in [5, 5.41) is 0. The Bertz CT molecular complexity index is 651. The molecule has 2 heteroatoms. The Balaban J connectivity index is 2.19. The van der Waals surface area contributed by atoms with Crippen LogP contribution in [0.4, 0.5) is 0 Å². The minimum Gasteiger partial charge on any atom is -0.297 e. The highest BCUT2D eigenvalue weighted by Crippen LogP contribution is 2.71. The highest BCUT2D eigenvalue weighted by Gasteiger charge is 2.71. The smallest absolute Gasteiger partial charge is 0.0244 e. The lowest BCUT2D eigenvalue weighted by atomic mass is 9.40. The van der Waals surface area contributed by atoms with Crippen molar-refractivity contribution in [3.05, 3.63) is 0 Å². The first-order valence-electron chi connectivity index (χ1n) is 15.3. The van der Waals surface area contributed by atoms with Gasteiger partial charge in [-0.05, 0) is 98.0 Å². The number of hydrogen-bond donors (Lipinski definition) is 0. The van der Waals surface area contributed by atoms with Gasteiger partial charge >= 0.3 is 0 Å². The highest BCUT2D eigenvalue weighted by molar-refractivity contribution is 7.99. The van der Waals surface area contributed by atoms with Crippen LogP contribution in [0.25, 0.3) is 0 Å². The summed E-state index contributed by atoms with van der Waals surface area (Å²) >= 11 is 2.25. The van der Waals surface area contributed by atoms with Gasteiger partial charge in [0.25, 0.3) is 0 Å². The van der Waals surface area contributed by atoms with Gasteiger partial charge in [-0.2, -0.15) is 11.8 Å². The van der Waals surface area contributed by atoms with Gasteiger partial charge in [0.05, 0.1) is 0 Å². The van der Waals surface area contributed by atoms with Crippen LogP contribution in [0.5, 0.6) is 0 Å². The number of rotatable bonds is 6. The predicted octanol–water partition coefficient (Wildman–Crippen LogP) is 9.69. The topological polar surface area (TPSA) is 3.24 Å². The molecule has 0 radical (unpaired) electrons. The summed E-state index contributed by atoms with van der Waals surface area (Å²) in [6.45, 7) is 23.8. The molecule has 0 amide bonds. The standard InChI is InChI=1S/C32H61NS/c1-11-18-26(12-2)30(7)24(4)23-28-27(13-3)31(28,8)33(10)25(5)32(30,9)29(6)19-16-14-15-17-21-34-22-20-29/h24-28H,11-23H2,1-10H3. The van der Waals surface area contributed by atoms with Crippen molar-refractivity contribution in [2.24, 2.45) is 39.9 Å². The van der Waals surface area contributed by atoms with Crippen LogP contribution in [-0.4, -0.2) is 35.0 Å². The normalized spacial score (nSPS) is 47.8. The lowest BCUT2D eigenvalue weighted by Crippen LogP contribution is -2.66. The van der Waals surface area contributed by atoms with Crippen LogP contribution in [0.15, 0.2) is 0 Å². The first-order valence-corrected chi connectivity index (χ1v) is 16.5. The summed E-state index contributed by atoms with van der Waals surface area (Å²) in [5.41, 5.74) is 1.43. The zero-order valence-corrected chi connectivity index (χ0v) is 25.8. The summed E-state index contributed by atoms with van der Waals surface area (Å²) in [6, 6.07) is 0.605. The van der Waals surface area contributed by atoms with Crippen LogP contribution >= 0.6 is 11.8 Å². The Labute approximate surface area is 219 Å². The SMILES string of the molecule is CCCC(CC)C1(C)C(C)CC2C(CC)C2(C)N(C)C(C)C1(C)C1(C)CCCCCCSCC1. The van der Waals surface area contributed by atoms with Gasteiger partial charge < -0.3 is 0 Å². The van der Waals surface area contributed by atoms with E-state index in [2.05, 4.69) is 86.0 Å². The van der Waals surface area contributed by atoms with Crippen molar-refractivity contribution in [2.45, 2.75) is 145 Å². The van der Waals surface area contributed by atoms with E-state index in [1.807, 2.05) is 0 Å². The fourth-order valence-electron chi connectivity index (χ4n) is 10.1. The van der Waals surface area contributed by atoms with Gasteiger partial charge in [-0.25, -0.2) is 0 Å². The van der Waals surface area contributed by atoms with E-state index in [-0.39, 0.29) is 0 Å². The molecule has 2 heterocycles. The molecule has 1 aliphatic carbocycles. The Morgan fingerprint density at radius 2 is 1.59 bits per heavy atom. The molecule has 0 bridgehead atoms. The molecule has 200 valence electrons. The summed E-state index contributed by atoms with van der Waals surface area (Å²) in [4.78, 5) is 2.94.